The first kappa shape index (κ1) is 16.5. The topological polar surface area (TPSA) is 59.1 Å². The maximum absolute atomic E-state index is 12.0. The molecule has 0 atom stereocenters. The Morgan fingerprint density at radius 2 is 2.12 bits per heavy atom. The zero-order chi connectivity index (χ0) is 17.1. The van der Waals surface area contributed by atoms with Crippen molar-refractivity contribution in [2.45, 2.75) is 39.7 Å². The van der Waals surface area contributed by atoms with Gasteiger partial charge in [-0.3, -0.25) is 14.6 Å². The van der Waals surface area contributed by atoms with E-state index in [0.29, 0.717) is 12.0 Å². The molecule has 0 saturated heterocycles. The second kappa shape index (κ2) is 7.05. The molecule has 0 unspecified atom stereocenters. The average Bonchev–Trinajstić information content (AvgIpc) is 2.57. The Bertz CT molecular complexity index is 785. The molecule has 2 heterocycles. The van der Waals surface area contributed by atoms with Crippen LogP contribution in [0.25, 0.3) is 6.08 Å². The lowest BCUT2D eigenvalue weighted by Gasteiger charge is -2.18. The monoisotopic (exact) mass is 322 g/mol. The minimum atomic E-state index is -0.117. The van der Waals surface area contributed by atoms with E-state index in [-0.39, 0.29) is 11.6 Å². The first-order valence-electron chi connectivity index (χ1n) is 8.43. The summed E-state index contributed by atoms with van der Waals surface area (Å²) in [5, 5.41) is 3.37. The van der Waals surface area contributed by atoms with E-state index < -0.39 is 0 Å². The maximum Gasteiger partial charge on any atom is 0.181 e. The number of allylic oxidation sites excluding steroid dienone is 5. The van der Waals surface area contributed by atoms with Crippen molar-refractivity contribution in [1.29, 1.82) is 0 Å². The highest BCUT2D eigenvalue weighted by atomic mass is 16.1. The Kier molecular flexibility index (Phi) is 4.86. The van der Waals surface area contributed by atoms with E-state index in [1.165, 1.54) is 23.3 Å². The van der Waals surface area contributed by atoms with Gasteiger partial charge >= 0.3 is 0 Å². The van der Waals surface area contributed by atoms with Gasteiger partial charge in [0, 0.05) is 31.6 Å². The number of ketones is 2. The number of nitrogens with zero attached hydrogens (tertiary/aromatic N) is 1. The van der Waals surface area contributed by atoms with Crippen LogP contribution in [0.5, 0.6) is 0 Å². The van der Waals surface area contributed by atoms with Gasteiger partial charge in [-0.05, 0) is 53.8 Å². The van der Waals surface area contributed by atoms with E-state index in [9.17, 15) is 9.59 Å². The average molecular weight is 322 g/mol. The van der Waals surface area contributed by atoms with Crippen molar-refractivity contribution in [1.82, 2.24) is 10.3 Å². The molecular formula is C20H22N2O2. The number of hydrogen-bond donors (Lipinski definition) is 1. The number of fused-ring (bicyclic) bond motifs is 1. The smallest absolute Gasteiger partial charge is 0.181 e. The number of aromatic nitrogens is 1. The van der Waals surface area contributed by atoms with Crippen LogP contribution >= 0.6 is 0 Å². The van der Waals surface area contributed by atoms with Gasteiger partial charge in [-0.25, -0.2) is 0 Å². The summed E-state index contributed by atoms with van der Waals surface area (Å²) in [7, 11) is 0. The van der Waals surface area contributed by atoms with Crippen LogP contribution in [0.1, 0.15) is 42.8 Å². The summed E-state index contributed by atoms with van der Waals surface area (Å²) in [6.45, 7) is 5.59. The quantitative estimate of drug-likeness (QED) is 0.909. The third-order valence-corrected chi connectivity index (χ3v) is 4.45. The van der Waals surface area contributed by atoms with Crippen molar-refractivity contribution in [3.8, 4) is 0 Å². The number of hydrogen-bond acceptors (Lipinski definition) is 4. The second-order valence-electron chi connectivity index (χ2n) is 6.31. The van der Waals surface area contributed by atoms with Crippen LogP contribution in [-0.2, 0) is 29.0 Å². The third-order valence-electron chi connectivity index (χ3n) is 4.45. The lowest BCUT2D eigenvalue weighted by atomic mass is 9.97. The van der Waals surface area contributed by atoms with Crippen LogP contribution in [0, 0.1) is 0 Å². The minimum absolute atomic E-state index is 0.0448. The van der Waals surface area contributed by atoms with Gasteiger partial charge in [-0.15, -0.1) is 0 Å². The van der Waals surface area contributed by atoms with Crippen LogP contribution < -0.4 is 5.32 Å². The molecule has 0 aromatic carbocycles. The largest absolute Gasteiger partial charge is 0.312 e. The van der Waals surface area contributed by atoms with Crippen molar-refractivity contribution in [3.63, 3.8) is 0 Å². The summed E-state index contributed by atoms with van der Waals surface area (Å²) in [4.78, 5) is 28.7. The third kappa shape index (κ3) is 3.60. The van der Waals surface area contributed by atoms with E-state index in [4.69, 9.17) is 4.98 Å². The van der Waals surface area contributed by atoms with Gasteiger partial charge in [0.25, 0.3) is 0 Å². The molecule has 124 valence electrons. The molecule has 0 bridgehead atoms. The number of pyridine rings is 1. The highest BCUT2D eigenvalue weighted by Crippen LogP contribution is 2.21. The zero-order valence-electron chi connectivity index (χ0n) is 14.2. The van der Waals surface area contributed by atoms with Crippen LogP contribution in [0.4, 0.5) is 0 Å². The molecular weight excluding hydrogens is 300 g/mol. The summed E-state index contributed by atoms with van der Waals surface area (Å²) in [5.41, 5.74) is 5.80. The Balaban J connectivity index is 1.99. The molecule has 3 rings (SSSR count). The van der Waals surface area contributed by atoms with E-state index in [1.807, 2.05) is 6.08 Å². The van der Waals surface area contributed by atoms with Crippen LogP contribution in [-0.4, -0.2) is 23.1 Å². The van der Waals surface area contributed by atoms with Crippen LogP contribution in [0.15, 0.2) is 35.4 Å². The number of nitrogens with one attached hydrogen (secondary N) is 1. The zero-order valence-corrected chi connectivity index (χ0v) is 14.2. The maximum atomic E-state index is 12.0. The van der Waals surface area contributed by atoms with Gasteiger partial charge in [-0.1, -0.05) is 19.1 Å². The van der Waals surface area contributed by atoms with Crippen molar-refractivity contribution >= 4 is 17.6 Å². The summed E-state index contributed by atoms with van der Waals surface area (Å²) in [6, 6.07) is 2.21. The molecule has 24 heavy (non-hydrogen) atoms. The van der Waals surface area contributed by atoms with E-state index >= 15 is 0 Å². The number of rotatable bonds is 2. The molecule has 1 aromatic rings. The lowest BCUT2D eigenvalue weighted by Crippen LogP contribution is -2.25. The molecule has 1 aromatic heterocycles. The Hall–Kier alpha value is -2.33. The van der Waals surface area contributed by atoms with Gasteiger partial charge in [0.15, 0.2) is 11.6 Å². The number of carbonyl (C=O) groups is 2. The van der Waals surface area contributed by atoms with Crippen molar-refractivity contribution < 1.29 is 9.59 Å². The summed E-state index contributed by atoms with van der Waals surface area (Å²) < 4.78 is 0. The summed E-state index contributed by atoms with van der Waals surface area (Å²) >= 11 is 0. The van der Waals surface area contributed by atoms with E-state index in [2.05, 4.69) is 18.3 Å². The minimum Gasteiger partial charge on any atom is -0.312 e. The summed E-state index contributed by atoms with van der Waals surface area (Å²) in [5.74, 6) is -0.161. The van der Waals surface area contributed by atoms with Gasteiger partial charge in [0.1, 0.15) is 0 Å². The molecule has 0 radical (unpaired) electrons. The highest BCUT2D eigenvalue weighted by molar-refractivity contribution is 6.09. The van der Waals surface area contributed by atoms with Gasteiger partial charge in [0.05, 0.1) is 5.69 Å². The van der Waals surface area contributed by atoms with Crippen LogP contribution in [0.3, 0.4) is 0 Å². The fourth-order valence-corrected chi connectivity index (χ4v) is 3.08. The molecule has 0 amide bonds. The molecule has 0 fully saturated rings. The first-order valence-corrected chi connectivity index (χ1v) is 8.43. The van der Waals surface area contributed by atoms with E-state index in [1.54, 1.807) is 13.0 Å². The number of aryl methyl sites for hydroxylation is 1. The molecule has 1 aliphatic carbocycles. The van der Waals surface area contributed by atoms with Gasteiger partial charge < -0.3 is 5.32 Å². The highest BCUT2D eigenvalue weighted by Gasteiger charge is 2.15. The lowest BCUT2D eigenvalue weighted by molar-refractivity contribution is -0.115. The molecule has 0 saturated carbocycles. The Morgan fingerprint density at radius 3 is 2.92 bits per heavy atom. The first-order chi connectivity index (χ1) is 11.6. The SMILES string of the molecule is CCc1cc2c(nc1/C=C1\C=C/C(=O)/C(C)=C\C(=O)C1)CCNC2. The van der Waals surface area contributed by atoms with Gasteiger partial charge in [-0.2, -0.15) is 0 Å². The molecule has 4 nitrogen and oxygen atoms in total. The fourth-order valence-electron chi connectivity index (χ4n) is 3.08. The normalized spacial score (nSPS) is 23.2. The fraction of sp³-hybridized carbons (Fsp3) is 0.350. The molecule has 4 heteroatoms. The molecule has 2 aliphatic rings. The van der Waals surface area contributed by atoms with E-state index in [0.717, 1.165) is 42.9 Å². The molecule has 0 spiro atoms. The molecule has 1 N–H and O–H groups in total. The van der Waals surface area contributed by atoms with Crippen LogP contribution in [0.2, 0.25) is 0 Å². The predicted molar refractivity (Wildman–Crippen MR) is 94.5 cm³/mol. The Labute approximate surface area is 142 Å². The van der Waals surface area contributed by atoms with Crippen molar-refractivity contribution in [3.05, 3.63) is 58.0 Å². The standard InChI is InChI=1S/C20H22N2O2/c1-3-15-11-16-12-21-7-6-18(16)22-19(15)10-14-4-5-20(24)13(2)8-17(23)9-14/h4-5,8,10-11,21H,3,6-7,9,12H2,1-2H3/b5-4-,13-8-,14-10+. The molecule has 1 aliphatic heterocycles. The number of carbonyl (C=O) groups excluding carboxylic acids is 2. The second-order valence-corrected chi connectivity index (χ2v) is 6.31. The van der Waals surface area contributed by atoms with Crippen molar-refractivity contribution in [2.24, 2.45) is 0 Å². The predicted octanol–water partition coefficient (Wildman–Crippen LogP) is 2.72. The van der Waals surface area contributed by atoms with Gasteiger partial charge in [0.2, 0.25) is 0 Å². The Morgan fingerprint density at radius 1 is 1.29 bits per heavy atom. The summed E-state index contributed by atoms with van der Waals surface area (Å²) in [6.07, 6.45) is 8.78. The van der Waals surface area contributed by atoms with Crippen molar-refractivity contribution in [2.75, 3.05) is 6.54 Å².